The van der Waals surface area contributed by atoms with Crippen LogP contribution in [0.25, 0.3) is 0 Å². The van der Waals surface area contributed by atoms with E-state index in [1.54, 1.807) is 12.1 Å². The molecule has 26 heavy (non-hydrogen) atoms. The van der Waals surface area contributed by atoms with Gasteiger partial charge in [0.25, 0.3) is 0 Å². The number of ketones is 1. The highest BCUT2D eigenvalue weighted by Crippen LogP contribution is 2.50. The Hall–Kier alpha value is -2.00. The monoisotopic (exact) mass is 398 g/mol. The molecule has 4 heteroatoms. The summed E-state index contributed by atoms with van der Waals surface area (Å²) in [6.07, 6.45) is 0. The highest BCUT2D eigenvalue weighted by Gasteiger charge is 2.44. The minimum Gasteiger partial charge on any atom is -0.292 e. The number of carbonyl (C=O) groups is 1. The summed E-state index contributed by atoms with van der Waals surface area (Å²) in [6, 6.07) is 28.4. The van der Waals surface area contributed by atoms with E-state index in [-0.39, 0.29) is 10.8 Å². The molecule has 0 heterocycles. The van der Waals surface area contributed by atoms with Crippen LogP contribution in [0.4, 0.5) is 0 Å². The molecular weight excluding hydrogens is 383 g/mol. The lowest BCUT2D eigenvalue weighted by molar-refractivity contribution is 0.0960. The van der Waals surface area contributed by atoms with Crippen molar-refractivity contribution in [1.29, 1.82) is 0 Å². The van der Waals surface area contributed by atoms with Gasteiger partial charge in [0.2, 0.25) is 0 Å². The Labute approximate surface area is 167 Å². The molecule has 3 aromatic rings. The molecule has 3 rings (SSSR count). The minimum absolute atomic E-state index is 0.111. The summed E-state index contributed by atoms with van der Waals surface area (Å²) in [6.45, 7) is 0. The first kappa shape index (κ1) is 18.8. The van der Waals surface area contributed by atoms with Gasteiger partial charge >= 0.3 is 0 Å². The highest BCUT2D eigenvalue weighted by molar-refractivity contribution is 8.01. The fraction of sp³-hybridized carbons (Fsp3) is 0.0455. The first-order valence-electron chi connectivity index (χ1n) is 8.04. The van der Waals surface area contributed by atoms with Crippen LogP contribution in [-0.2, 0) is 4.75 Å². The molecule has 0 aromatic heterocycles. The molecule has 130 valence electrons. The second kappa shape index (κ2) is 8.59. The Morgan fingerprint density at radius 3 is 1.85 bits per heavy atom. The van der Waals surface area contributed by atoms with E-state index in [4.69, 9.17) is 23.2 Å². The van der Waals surface area contributed by atoms with E-state index in [1.165, 1.54) is 17.3 Å². The van der Waals surface area contributed by atoms with Crippen LogP contribution in [0.15, 0.2) is 106 Å². The summed E-state index contributed by atoms with van der Waals surface area (Å²) >= 11 is 14.0. The van der Waals surface area contributed by atoms with Crippen molar-refractivity contribution in [3.05, 3.63) is 113 Å². The van der Waals surface area contributed by atoms with Crippen molar-refractivity contribution in [2.75, 3.05) is 0 Å². The van der Waals surface area contributed by atoms with Gasteiger partial charge in [-0.3, -0.25) is 4.79 Å². The van der Waals surface area contributed by atoms with Crippen LogP contribution >= 0.6 is 35.0 Å². The van der Waals surface area contributed by atoms with Crippen LogP contribution in [0.2, 0.25) is 0 Å². The van der Waals surface area contributed by atoms with Crippen molar-refractivity contribution >= 4 is 40.7 Å². The molecular formula is C22H16Cl2OS. The van der Waals surface area contributed by atoms with Crippen LogP contribution in [-0.4, -0.2) is 5.78 Å². The van der Waals surface area contributed by atoms with Crippen molar-refractivity contribution in [2.45, 2.75) is 9.64 Å². The fourth-order valence-corrected chi connectivity index (χ4v) is 4.55. The van der Waals surface area contributed by atoms with Gasteiger partial charge in [0.1, 0.15) is 4.75 Å². The third-order valence-electron chi connectivity index (χ3n) is 3.98. The number of benzene rings is 3. The van der Waals surface area contributed by atoms with Gasteiger partial charge in [-0.25, -0.2) is 0 Å². The molecule has 0 saturated carbocycles. The number of carbonyl (C=O) groups excluding carboxylic acids is 1. The third-order valence-corrected chi connectivity index (χ3v) is 6.27. The van der Waals surface area contributed by atoms with E-state index in [9.17, 15) is 4.79 Å². The molecule has 0 aliphatic carbocycles. The van der Waals surface area contributed by atoms with Crippen molar-refractivity contribution in [2.24, 2.45) is 0 Å². The Morgan fingerprint density at radius 2 is 1.31 bits per heavy atom. The molecule has 0 aliphatic heterocycles. The zero-order chi connectivity index (χ0) is 18.4. The summed E-state index contributed by atoms with van der Waals surface area (Å²) in [5, 5.41) is 0.271. The van der Waals surface area contributed by atoms with Gasteiger partial charge in [-0.15, -0.1) is 11.8 Å². The average Bonchev–Trinajstić information content (AvgIpc) is 2.73. The molecule has 0 aliphatic rings. The lowest BCUT2D eigenvalue weighted by Gasteiger charge is -2.32. The van der Waals surface area contributed by atoms with E-state index < -0.39 is 4.75 Å². The van der Waals surface area contributed by atoms with Crippen LogP contribution in [0.5, 0.6) is 0 Å². The molecule has 0 spiro atoms. The van der Waals surface area contributed by atoms with Crippen molar-refractivity contribution in [1.82, 2.24) is 0 Å². The standard InChI is InChI=1S/C22H16Cl2OS/c23-16-20(24)22(18-12-6-2-7-13-18,26-19-14-8-3-9-15-19)21(25)17-10-4-1-5-11-17/h1-16H/b20-16-. The van der Waals surface area contributed by atoms with Gasteiger partial charge in [0.15, 0.2) is 5.78 Å². The van der Waals surface area contributed by atoms with Crippen LogP contribution in [0, 0.1) is 0 Å². The number of hydrogen-bond acceptors (Lipinski definition) is 2. The largest absolute Gasteiger partial charge is 0.292 e. The molecule has 0 bridgehead atoms. The zero-order valence-electron chi connectivity index (χ0n) is 13.8. The highest BCUT2D eigenvalue weighted by atomic mass is 35.5. The average molecular weight is 399 g/mol. The SMILES string of the molecule is O=C(c1ccccc1)C(Sc1ccccc1)(/C(Cl)=C/Cl)c1ccccc1. The van der Waals surface area contributed by atoms with Crippen molar-refractivity contribution < 1.29 is 4.79 Å². The molecule has 3 aromatic carbocycles. The van der Waals surface area contributed by atoms with Gasteiger partial charge in [-0.2, -0.15) is 0 Å². The maximum atomic E-state index is 13.7. The van der Waals surface area contributed by atoms with Gasteiger partial charge < -0.3 is 0 Å². The first-order valence-corrected chi connectivity index (χ1v) is 9.67. The summed E-state index contributed by atoms with van der Waals surface area (Å²) in [4.78, 5) is 14.6. The number of hydrogen-bond donors (Lipinski definition) is 0. The second-order valence-corrected chi connectivity index (χ2v) is 7.53. The molecule has 0 saturated heterocycles. The van der Waals surface area contributed by atoms with E-state index >= 15 is 0 Å². The molecule has 0 radical (unpaired) electrons. The molecule has 0 fully saturated rings. The predicted octanol–water partition coefficient (Wildman–Crippen LogP) is 6.88. The molecule has 1 unspecified atom stereocenters. The topological polar surface area (TPSA) is 17.1 Å². The third kappa shape index (κ3) is 3.73. The fourth-order valence-electron chi connectivity index (χ4n) is 2.74. The minimum atomic E-state index is -1.16. The molecule has 1 nitrogen and oxygen atoms in total. The van der Waals surface area contributed by atoms with Gasteiger partial charge in [-0.1, -0.05) is 102 Å². The van der Waals surface area contributed by atoms with Gasteiger partial charge in [-0.05, 0) is 17.7 Å². The van der Waals surface area contributed by atoms with E-state index in [0.29, 0.717) is 5.56 Å². The second-order valence-electron chi connectivity index (χ2n) is 5.61. The Bertz CT molecular complexity index is 895. The summed E-state index contributed by atoms with van der Waals surface area (Å²) < 4.78 is -1.16. The Morgan fingerprint density at radius 1 is 0.808 bits per heavy atom. The summed E-state index contributed by atoms with van der Waals surface area (Å²) in [5.74, 6) is -0.111. The summed E-state index contributed by atoms with van der Waals surface area (Å²) in [7, 11) is 0. The van der Waals surface area contributed by atoms with E-state index in [2.05, 4.69) is 0 Å². The van der Waals surface area contributed by atoms with Gasteiger partial charge in [0, 0.05) is 16.0 Å². The number of thioether (sulfide) groups is 1. The lowest BCUT2D eigenvalue weighted by Crippen LogP contribution is -2.33. The Balaban J connectivity index is 2.23. The van der Waals surface area contributed by atoms with E-state index in [0.717, 1.165) is 10.5 Å². The normalized spacial score (nSPS) is 13.8. The zero-order valence-corrected chi connectivity index (χ0v) is 16.1. The van der Waals surface area contributed by atoms with Gasteiger partial charge in [0.05, 0.1) is 5.03 Å². The van der Waals surface area contributed by atoms with Crippen LogP contribution < -0.4 is 0 Å². The predicted molar refractivity (Wildman–Crippen MR) is 111 cm³/mol. The van der Waals surface area contributed by atoms with Crippen LogP contribution in [0.1, 0.15) is 15.9 Å². The first-order chi connectivity index (χ1) is 12.7. The maximum Gasteiger partial charge on any atom is 0.189 e. The van der Waals surface area contributed by atoms with E-state index in [1.807, 2.05) is 78.9 Å². The number of rotatable bonds is 6. The number of halogens is 2. The maximum absolute atomic E-state index is 13.7. The van der Waals surface area contributed by atoms with Crippen molar-refractivity contribution in [3.63, 3.8) is 0 Å². The molecule has 1 atom stereocenters. The molecule has 0 amide bonds. The quantitative estimate of drug-likeness (QED) is 0.332. The summed E-state index contributed by atoms with van der Waals surface area (Å²) in [5.41, 5.74) is 2.65. The Kier molecular flexibility index (Phi) is 6.20. The lowest BCUT2D eigenvalue weighted by atomic mass is 9.89. The van der Waals surface area contributed by atoms with Crippen molar-refractivity contribution in [3.8, 4) is 0 Å². The number of Topliss-reactive ketones (excluding diaryl/α,β-unsaturated/α-hetero) is 1. The smallest absolute Gasteiger partial charge is 0.189 e. The van der Waals surface area contributed by atoms with Crippen LogP contribution in [0.3, 0.4) is 0 Å². The molecule has 0 N–H and O–H groups in total.